The van der Waals surface area contributed by atoms with E-state index in [9.17, 15) is 4.39 Å². The number of hydrogen-bond donors (Lipinski definition) is 0. The smallest absolute Gasteiger partial charge is 0.295 e. The first-order valence-corrected chi connectivity index (χ1v) is 9.60. The summed E-state index contributed by atoms with van der Waals surface area (Å²) in [6, 6.07) is 16.4. The van der Waals surface area contributed by atoms with Crippen molar-refractivity contribution in [3.63, 3.8) is 0 Å². The molecule has 6 aromatic rings. The second-order valence-electron chi connectivity index (χ2n) is 7.53. The standard InChI is InChI=1S/C24H16F2N3O/c1-13-12-17(25)20-16-9-10-19(26)27-23(16)30-22(20)21(13)29-18-8-4-3-6-14(18)15-7-5-11-28(2)24(15)29/h3-12H,1-2H3/q+1. The molecule has 6 rings (SSSR count). The Bertz CT molecular complexity index is 1650. The van der Waals surface area contributed by atoms with Gasteiger partial charge in [0, 0.05) is 10.9 Å². The first kappa shape index (κ1) is 17.1. The normalized spacial score (nSPS) is 12.0. The average molecular weight is 400 g/mol. The number of fused-ring (bicyclic) bond motifs is 6. The number of furan rings is 1. The largest absolute Gasteiger partial charge is 0.433 e. The number of nitrogens with zero attached hydrogens (tertiary/aromatic N) is 3. The first-order valence-electron chi connectivity index (χ1n) is 9.60. The van der Waals surface area contributed by atoms with Gasteiger partial charge in [-0.15, -0.1) is 0 Å². The number of para-hydroxylation sites is 1. The molecule has 4 nitrogen and oxygen atoms in total. The number of halogens is 2. The molecule has 2 aromatic carbocycles. The highest BCUT2D eigenvalue weighted by molar-refractivity contribution is 6.11. The Labute approximate surface area is 169 Å². The van der Waals surface area contributed by atoms with E-state index in [0.717, 1.165) is 27.6 Å². The van der Waals surface area contributed by atoms with E-state index in [1.165, 1.54) is 18.2 Å². The van der Waals surface area contributed by atoms with Crippen LogP contribution in [0.2, 0.25) is 0 Å². The van der Waals surface area contributed by atoms with Crippen LogP contribution >= 0.6 is 0 Å². The predicted octanol–water partition coefficient (Wildman–Crippen LogP) is 5.49. The fourth-order valence-corrected chi connectivity index (χ4v) is 4.48. The highest BCUT2D eigenvalue weighted by Crippen LogP contribution is 2.39. The van der Waals surface area contributed by atoms with Gasteiger partial charge in [0.05, 0.1) is 29.4 Å². The molecule has 0 saturated heterocycles. The molecule has 0 spiro atoms. The summed E-state index contributed by atoms with van der Waals surface area (Å²) in [7, 11) is 1.98. The minimum absolute atomic E-state index is 0.0842. The summed E-state index contributed by atoms with van der Waals surface area (Å²) in [5.41, 5.74) is 3.80. The zero-order valence-electron chi connectivity index (χ0n) is 16.3. The van der Waals surface area contributed by atoms with Crippen molar-refractivity contribution in [2.75, 3.05) is 0 Å². The molecule has 0 aliphatic heterocycles. The van der Waals surface area contributed by atoms with E-state index in [1.807, 2.05) is 49.0 Å². The third-order valence-corrected chi connectivity index (χ3v) is 5.71. The van der Waals surface area contributed by atoms with Crippen LogP contribution in [0.5, 0.6) is 0 Å². The number of aryl methyl sites for hydroxylation is 2. The molecule has 146 valence electrons. The summed E-state index contributed by atoms with van der Waals surface area (Å²) in [4.78, 5) is 3.83. The van der Waals surface area contributed by atoms with Gasteiger partial charge in [-0.2, -0.15) is 13.9 Å². The van der Waals surface area contributed by atoms with Crippen molar-refractivity contribution in [2.45, 2.75) is 6.92 Å². The summed E-state index contributed by atoms with van der Waals surface area (Å²) in [5, 5.41) is 2.92. The van der Waals surface area contributed by atoms with Gasteiger partial charge in [0.2, 0.25) is 11.7 Å². The van der Waals surface area contributed by atoms with Crippen LogP contribution in [0.1, 0.15) is 5.56 Å². The van der Waals surface area contributed by atoms with E-state index in [1.54, 1.807) is 0 Å². The summed E-state index contributed by atoms with van der Waals surface area (Å²) >= 11 is 0. The topological polar surface area (TPSA) is 34.8 Å². The molecule has 0 bridgehead atoms. The molecular formula is C24H16F2N3O+. The van der Waals surface area contributed by atoms with Crippen LogP contribution in [0.4, 0.5) is 8.78 Å². The third-order valence-electron chi connectivity index (χ3n) is 5.71. The fourth-order valence-electron chi connectivity index (χ4n) is 4.48. The van der Waals surface area contributed by atoms with Crippen molar-refractivity contribution in [2.24, 2.45) is 7.05 Å². The van der Waals surface area contributed by atoms with Crippen LogP contribution in [0.3, 0.4) is 0 Å². The number of hydrogen-bond acceptors (Lipinski definition) is 2. The molecule has 0 radical (unpaired) electrons. The number of aromatic nitrogens is 3. The van der Waals surface area contributed by atoms with Crippen molar-refractivity contribution in [1.82, 2.24) is 9.55 Å². The SMILES string of the molecule is Cc1cc(F)c2c(oc3nc(F)ccc32)c1-n1c2ccccc2c2ccc[n+](C)c21. The quantitative estimate of drug-likeness (QED) is 0.270. The van der Waals surface area contributed by atoms with Gasteiger partial charge in [-0.05, 0) is 49.4 Å². The molecule has 0 N–H and O–H groups in total. The van der Waals surface area contributed by atoms with Gasteiger partial charge in [-0.1, -0.05) is 12.1 Å². The molecule has 4 heterocycles. The second kappa shape index (κ2) is 5.86. The van der Waals surface area contributed by atoms with Gasteiger partial charge in [-0.25, -0.2) is 8.96 Å². The second-order valence-corrected chi connectivity index (χ2v) is 7.53. The summed E-state index contributed by atoms with van der Waals surface area (Å²) in [5.74, 6) is -1.08. The maximum atomic E-state index is 15.0. The Hall–Kier alpha value is -3.80. The highest BCUT2D eigenvalue weighted by atomic mass is 19.1. The first-order chi connectivity index (χ1) is 14.5. The van der Waals surface area contributed by atoms with E-state index >= 15 is 4.39 Å². The third kappa shape index (κ3) is 2.13. The lowest BCUT2D eigenvalue weighted by atomic mass is 10.1. The number of rotatable bonds is 1. The molecule has 0 fully saturated rings. The zero-order chi connectivity index (χ0) is 20.6. The predicted molar refractivity (Wildman–Crippen MR) is 112 cm³/mol. The van der Waals surface area contributed by atoms with Crippen molar-refractivity contribution in [3.05, 3.63) is 78.1 Å². The molecule has 0 atom stereocenters. The van der Waals surface area contributed by atoms with Crippen LogP contribution < -0.4 is 4.57 Å². The molecule has 0 aliphatic rings. The van der Waals surface area contributed by atoms with Crippen LogP contribution in [-0.2, 0) is 7.05 Å². The molecule has 0 aliphatic carbocycles. The van der Waals surface area contributed by atoms with Crippen LogP contribution in [0.25, 0.3) is 49.7 Å². The van der Waals surface area contributed by atoms with Crippen molar-refractivity contribution in [3.8, 4) is 5.69 Å². The van der Waals surface area contributed by atoms with E-state index in [2.05, 4.69) is 21.7 Å². The molecule has 4 aromatic heterocycles. The van der Waals surface area contributed by atoms with Gasteiger partial charge in [0.25, 0.3) is 5.65 Å². The van der Waals surface area contributed by atoms with Gasteiger partial charge in [0.15, 0.2) is 11.3 Å². The average Bonchev–Trinajstić information content (AvgIpc) is 3.25. The molecule has 0 saturated carbocycles. The minimum atomic E-state index is -0.663. The maximum absolute atomic E-state index is 15.0. The van der Waals surface area contributed by atoms with E-state index in [0.29, 0.717) is 21.9 Å². The Balaban J connectivity index is 1.89. The highest BCUT2D eigenvalue weighted by Gasteiger charge is 2.28. The van der Waals surface area contributed by atoms with Crippen LogP contribution in [-0.4, -0.2) is 9.55 Å². The van der Waals surface area contributed by atoms with Crippen molar-refractivity contribution >= 4 is 44.0 Å². The van der Waals surface area contributed by atoms with E-state index in [-0.39, 0.29) is 5.71 Å². The van der Waals surface area contributed by atoms with E-state index in [4.69, 9.17) is 4.42 Å². The zero-order valence-corrected chi connectivity index (χ0v) is 16.3. The molecule has 6 heteroatoms. The van der Waals surface area contributed by atoms with Gasteiger partial charge < -0.3 is 4.42 Å². The lowest BCUT2D eigenvalue weighted by molar-refractivity contribution is -0.647. The minimum Gasteiger partial charge on any atom is -0.433 e. The lowest BCUT2D eigenvalue weighted by Gasteiger charge is -2.07. The molecular weight excluding hydrogens is 384 g/mol. The van der Waals surface area contributed by atoms with Crippen LogP contribution in [0.15, 0.2) is 65.2 Å². The Morgan fingerprint density at radius 1 is 0.967 bits per heavy atom. The molecule has 30 heavy (non-hydrogen) atoms. The fraction of sp³-hybridized carbons (Fsp3) is 0.0833. The summed E-state index contributed by atoms with van der Waals surface area (Å²) < 4.78 is 38.8. The Kier molecular flexibility index (Phi) is 3.34. The number of benzene rings is 2. The van der Waals surface area contributed by atoms with Crippen molar-refractivity contribution in [1.29, 1.82) is 0 Å². The Morgan fingerprint density at radius 3 is 2.63 bits per heavy atom. The van der Waals surface area contributed by atoms with Gasteiger partial charge in [0.1, 0.15) is 11.3 Å². The summed E-state index contributed by atoms with van der Waals surface area (Å²) in [6.07, 6.45) is 1.98. The molecule has 0 unspecified atom stereocenters. The van der Waals surface area contributed by atoms with E-state index < -0.39 is 11.8 Å². The molecule has 0 amide bonds. The number of pyridine rings is 2. The van der Waals surface area contributed by atoms with Crippen LogP contribution in [0, 0.1) is 18.7 Å². The van der Waals surface area contributed by atoms with Crippen molar-refractivity contribution < 1.29 is 17.8 Å². The lowest BCUT2D eigenvalue weighted by Crippen LogP contribution is -2.30. The monoisotopic (exact) mass is 400 g/mol. The maximum Gasteiger partial charge on any atom is 0.295 e. The Morgan fingerprint density at radius 2 is 1.77 bits per heavy atom. The summed E-state index contributed by atoms with van der Waals surface area (Å²) in [6.45, 7) is 1.85. The van der Waals surface area contributed by atoms with Gasteiger partial charge >= 0.3 is 0 Å². The van der Waals surface area contributed by atoms with Gasteiger partial charge in [-0.3, -0.25) is 0 Å².